The van der Waals surface area contributed by atoms with Crippen molar-refractivity contribution in [3.63, 3.8) is 0 Å². The van der Waals surface area contributed by atoms with Crippen LogP contribution < -0.4 is 10.6 Å². The number of carbonyl (C=O) groups excluding carboxylic acids is 1. The van der Waals surface area contributed by atoms with Crippen LogP contribution in [0.15, 0.2) is 36.4 Å². The average Bonchev–Trinajstić information content (AvgIpc) is 2.42. The van der Waals surface area contributed by atoms with E-state index in [2.05, 4.69) is 10.6 Å². The maximum atomic E-state index is 11.0. The summed E-state index contributed by atoms with van der Waals surface area (Å²) in [7, 11) is 0. The number of rotatable bonds is 4. The fraction of sp³-hybridized carbons (Fsp3) is 0.188. The summed E-state index contributed by atoms with van der Waals surface area (Å²) in [6, 6.07) is 11.4. The van der Waals surface area contributed by atoms with Gasteiger partial charge in [0.15, 0.2) is 0 Å². The van der Waals surface area contributed by atoms with Crippen LogP contribution >= 0.6 is 23.2 Å². The Bertz CT molecular complexity index is 671. The molecule has 3 nitrogen and oxygen atoms in total. The maximum Gasteiger partial charge on any atom is 0.221 e. The van der Waals surface area contributed by atoms with Crippen molar-refractivity contribution >= 4 is 40.5 Å². The van der Waals surface area contributed by atoms with Crippen LogP contribution in [0.4, 0.5) is 11.4 Å². The zero-order chi connectivity index (χ0) is 15.4. The number of carbonyl (C=O) groups is 1. The Morgan fingerprint density at radius 3 is 2.48 bits per heavy atom. The lowest BCUT2D eigenvalue weighted by atomic mass is 10.1. The molecule has 2 rings (SSSR count). The molecule has 0 heterocycles. The molecule has 0 unspecified atom stereocenters. The van der Waals surface area contributed by atoms with Gasteiger partial charge in [-0.1, -0.05) is 35.3 Å². The van der Waals surface area contributed by atoms with Crippen LogP contribution in [0.2, 0.25) is 10.0 Å². The maximum absolute atomic E-state index is 11.0. The molecular weight excluding hydrogens is 307 g/mol. The Kier molecular flexibility index (Phi) is 5.10. The third-order valence-corrected chi connectivity index (χ3v) is 3.73. The quantitative estimate of drug-likeness (QED) is 0.842. The molecule has 1 amide bonds. The molecule has 110 valence electrons. The number of amides is 1. The molecule has 0 atom stereocenters. The minimum atomic E-state index is -0.146. The van der Waals surface area contributed by atoms with Gasteiger partial charge in [-0.2, -0.15) is 0 Å². The Labute approximate surface area is 134 Å². The lowest BCUT2D eigenvalue weighted by Crippen LogP contribution is -2.06. The standard InChI is InChI=1S/C16H16Cl2N2O/c1-10-3-4-12(7-14(10)17)9-19-13-5-6-16(15(18)8-13)20-11(2)21/h3-8,19H,9H2,1-2H3,(H,20,21). The molecule has 0 fully saturated rings. The summed E-state index contributed by atoms with van der Waals surface area (Å²) in [6.07, 6.45) is 0. The highest BCUT2D eigenvalue weighted by molar-refractivity contribution is 6.34. The van der Waals surface area contributed by atoms with E-state index in [9.17, 15) is 4.79 Å². The predicted molar refractivity (Wildman–Crippen MR) is 89.3 cm³/mol. The fourth-order valence-corrected chi connectivity index (χ4v) is 2.30. The second-order valence-electron chi connectivity index (χ2n) is 4.81. The first-order chi connectivity index (χ1) is 9.95. The molecule has 0 saturated heterocycles. The summed E-state index contributed by atoms with van der Waals surface area (Å²) in [6.45, 7) is 4.07. The number of benzene rings is 2. The largest absolute Gasteiger partial charge is 0.381 e. The summed E-state index contributed by atoms with van der Waals surface area (Å²) in [5.41, 5.74) is 3.63. The van der Waals surface area contributed by atoms with Gasteiger partial charge in [-0.15, -0.1) is 0 Å². The van der Waals surface area contributed by atoms with Crippen LogP contribution in [0, 0.1) is 6.92 Å². The number of aryl methyl sites for hydroxylation is 1. The van der Waals surface area contributed by atoms with Crippen LogP contribution in [0.1, 0.15) is 18.1 Å². The number of halogens is 2. The number of hydrogen-bond donors (Lipinski definition) is 2. The van der Waals surface area contributed by atoms with E-state index in [1.807, 2.05) is 31.2 Å². The predicted octanol–water partition coefficient (Wildman–Crippen LogP) is 4.87. The van der Waals surface area contributed by atoms with Crippen molar-refractivity contribution < 1.29 is 4.79 Å². The molecule has 0 radical (unpaired) electrons. The Balaban J connectivity index is 2.04. The molecule has 0 aliphatic rings. The van der Waals surface area contributed by atoms with E-state index in [-0.39, 0.29) is 5.91 Å². The highest BCUT2D eigenvalue weighted by Gasteiger charge is 2.04. The first-order valence-electron chi connectivity index (χ1n) is 6.52. The first kappa shape index (κ1) is 15.7. The van der Waals surface area contributed by atoms with Gasteiger partial charge in [0.1, 0.15) is 0 Å². The van der Waals surface area contributed by atoms with E-state index in [1.165, 1.54) is 6.92 Å². The third-order valence-electron chi connectivity index (χ3n) is 3.01. The van der Waals surface area contributed by atoms with Crippen LogP contribution in [-0.2, 0) is 11.3 Å². The van der Waals surface area contributed by atoms with Gasteiger partial charge in [0.05, 0.1) is 10.7 Å². The Morgan fingerprint density at radius 2 is 1.86 bits per heavy atom. The van der Waals surface area contributed by atoms with E-state index in [4.69, 9.17) is 23.2 Å². The number of hydrogen-bond acceptors (Lipinski definition) is 2. The van der Waals surface area contributed by atoms with E-state index in [0.29, 0.717) is 17.3 Å². The first-order valence-corrected chi connectivity index (χ1v) is 7.27. The van der Waals surface area contributed by atoms with Crippen molar-refractivity contribution in [1.82, 2.24) is 0 Å². The second kappa shape index (κ2) is 6.83. The smallest absolute Gasteiger partial charge is 0.221 e. The molecular formula is C16H16Cl2N2O. The van der Waals surface area contributed by atoms with Crippen LogP contribution in [0.3, 0.4) is 0 Å². The zero-order valence-corrected chi connectivity index (χ0v) is 13.3. The summed E-state index contributed by atoms with van der Waals surface area (Å²) < 4.78 is 0. The average molecular weight is 323 g/mol. The minimum Gasteiger partial charge on any atom is -0.381 e. The van der Waals surface area contributed by atoms with Crippen LogP contribution in [0.25, 0.3) is 0 Å². The van der Waals surface area contributed by atoms with E-state index in [0.717, 1.165) is 21.8 Å². The van der Waals surface area contributed by atoms with E-state index < -0.39 is 0 Å². The van der Waals surface area contributed by atoms with E-state index >= 15 is 0 Å². The van der Waals surface area contributed by atoms with Crippen LogP contribution in [0.5, 0.6) is 0 Å². The lowest BCUT2D eigenvalue weighted by Gasteiger charge is -2.10. The highest BCUT2D eigenvalue weighted by Crippen LogP contribution is 2.26. The van der Waals surface area contributed by atoms with E-state index in [1.54, 1.807) is 12.1 Å². The fourth-order valence-electron chi connectivity index (χ4n) is 1.87. The topological polar surface area (TPSA) is 41.1 Å². The van der Waals surface area contributed by atoms with Gasteiger partial charge in [-0.3, -0.25) is 4.79 Å². The molecule has 2 aromatic rings. The molecule has 0 saturated carbocycles. The van der Waals surface area contributed by atoms with Crippen molar-refractivity contribution in [2.24, 2.45) is 0 Å². The molecule has 2 aromatic carbocycles. The molecule has 21 heavy (non-hydrogen) atoms. The summed E-state index contributed by atoms with van der Waals surface area (Å²) >= 11 is 12.2. The SMILES string of the molecule is CC(=O)Nc1ccc(NCc2ccc(C)c(Cl)c2)cc1Cl. The van der Waals surface area contributed by atoms with Gasteiger partial charge in [-0.05, 0) is 42.3 Å². The number of anilines is 2. The zero-order valence-electron chi connectivity index (χ0n) is 11.8. The van der Waals surface area contributed by atoms with Crippen molar-refractivity contribution in [3.8, 4) is 0 Å². The van der Waals surface area contributed by atoms with Crippen LogP contribution in [-0.4, -0.2) is 5.91 Å². The summed E-state index contributed by atoms with van der Waals surface area (Å²) in [5.74, 6) is -0.146. The third kappa shape index (κ3) is 4.38. The van der Waals surface area contributed by atoms with Crippen molar-refractivity contribution in [3.05, 3.63) is 57.6 Å². The van der Waals surface area contributed by atoms with Gasteiger partial charge in [0, 0.05) is 24.2 Å². The summed E-state index contributed by atoms with van der Waals surface area (Å²) in [4.78, 5) is 11.0. The molecule has 0 spiro atoms. The van der Waals surface area contributed by atoms with Gasteiger partial charge in [0.2, 0.25) is 5.91 Å². The van der Waals surface area contributed by atoms with Crippen molar-refractivity contribution in [2.75, 3.05) is 10.6 Å². The van der Waals surface area contributed by atoms with Gasteiger partial charge in [0.25, 0.3) is 0 Å². The molecule has 0 aliphatic heterocycles. The van der Waals surface area contributed by atoms with Crippen molar-refractivity contribution in [2.45, 2.75) is 20.4 Å². The Hall–Kier alpha value is -1.71. The molecule has 5 heteroatoms. The monoisotopic (exact) mass is 322 g/mol. The molecule has 0 aromatic heterocycles. The molecule has 0 bridgehead atoms. The normalized spacial score (nSPS) is 10.3. The van der Waals surface area contributed by atoms with Gasteiger partial charge < -0.3 is 10.6 Å². The lowest BCUT2D eigenvalue weighted by molar-refractivity contribution is -0.114. The second-order valence-corrected chi connectivity index (χ2v) is 5.63. The van der Waals surface area contributed by atoms with Gasteiger partial charge in [-0.25, -0.2) is 0 Å². The molecule has 2 N–H and O–H groups in total. The van der Waals surface area contributed by atoms with Crippen molar-refractivity contribution in [1.29, 1.82) is 0 Å². The highest BCUT2D eigenvalue weighted by atomic mass is 35.5. The summed E-state index contributed by atoms with van der Waals surface area (Å²) in [5, 5.41) is 7.20. The molecule has 0 aliphatic carbocycles. The number of nitrogens with one attached hydrogen (secondary N) is 2. The minimum absolute atomic E-state index is 0.146. The Morgan fingerprint density at radius 1 is 1.10 bits per heavy atom. The van der Waals surface area contributed by atoms with Gasteiger partial charge >= 0.3 is 0 Å².